The van der Waals surface area contributed by atoms with E-state index in [0.29, 0.717) is 41.9 Å². The van der Waals surface area contributed by atoms with Gasteiger partial charge in [-0.2, -0.15) is 0 Å². The van der Waals surface area contributed by atoms with Crippen LogP contribution in [0.2, 0.25) is 0 Å². The fourth-order valence-corrected chi connectivity index (χ4v) is 2.62. The van der Waals surface area contributed by atoms with Gasteiger partial charge < -0.3 is 30.3 Å². The molecule has 0 amide bonds. The molecule has 142 valence electrons. The van der Waals surface area contributed by atoms with Crippen LogP contribution in [0.3, 0.4) is 0 Å². The molecule has 0 fully saturated rings. The molecular weight excluding hydrogens is 346 g/mol. The Bertz CT molecular complexity index is 868. The SMILES string of the molecule is COc1ccc(CCNc2ncnc(NCc3ccco3)c2N)cc1OC. The number of nitrogens with one attached hydrogen (secondary N) is 2. The number of ether oxygens (including phenoxy) is 2. The van der Waals surface area contributed by atoms with Gasteiger partial charge in [0.15, 0.2) is 23.1 Å². The molecule has 8 nitrogen and oxygen atoms in total. The normalized spacial score (nSPS) is 10.4. The van der Waals surface area contributed by atoms with Gasteiger partial charge in [-0.1, -0.05) is 6.07 Å². The van der Waals surface area contributed by atoms with Gasteiger partial charge in [-0.15, -0.1) is 0 Å². The van der Waals surface area contributed by atoms with E-state index in [1.54, 1.807) is 20.5 Å². The van der Waals surface area contributed by atoms with Crippen LogP contribution in [0.1, 0.15) is 11.3 Å². The van der Waals surface area contributed by atoms with E-state index in [4.69, 9.17) is 19.6 Å². The third-order valence-electron chi connectivity index (χ3n) is 4.05. The van der Waals surface area contributed by atoms with Crippen LogP contribution in [0, 0.1) is 0 Å². The topological polar surface area (TPSA) is 107 Å². The molecule has 1 aromatic carbocycles. The zero-order valence-corrected chi connectivity index (χ0v) is 15.4. The van der Waals surface area contributed by atoms with E-state index in [1.807, 2.05) is 30.3 Å². The minimum absolute atomic E-state index is 0.469. The van der Waals surface area contributed by atoms with Gasteiger partial charge in [-0.3, -0.25) is 0 Å². The molecule has 0 unspecified atom stereocenters. The summed E-state index contributed by atoms with van der Waals surface area (Å²) in [6.45, 7) is 1.16. The predicted molar refractivity (Wildman–Crippen MR) is 104 cm³/mol. The second-order valence-corrected chi connectivity index (χ2v) is 5.78. The predicted octanol–water partition coefficient (Wildman–Crippen LogP) is 2.94. The van der Waals surface area contributed by atoms with Crippen molar-refractivity contribution in [3.05, 3.63) is 54.2 Å². The highest BCUT2D eigenvalue weighted by atomic mass is 16.5. The number of rotatable bonds is 9. The molecule has 0 aliphatic carbocycles. The van der Waals surface area contributed by atoms with Crippen molar-refractivity contribution in [3.63, 3.8) is 0 Å². The van der Waals surface area contributed by atoms with E-state index in [0.717, 1.165) is 17.7 Å². The zero-order chi connectivity index (χ0) is 19.1. The average molecular weight is 369 g/mol. The van der Waals surface area contributed by atoms with Crippen LogP contribution in [0.4, 0.5) is 17.3 Å². The minimum Gasteiger partial charge on any atom is -0.493 e. The lowest BCUT2D eigenvalue weighted by Gasteiger charge is -2.13. The van der Waals surface area contributed by atoms with E-state index in [2.05, 4.69) is 20.6 Å². The quantitative estimate of drug-likeness (QED) is 0.528. The molecule has 2 aromatic heterocycles. The number of nitrogens with two attached hydrogens (primary N) is 1. The fourth-order valence-electron chi connectivity index (χ4n) is 2.62. The molecular formula is C19H23N5O3. The van der Waals surface area contributed by atoms with Crippen molar-refractivity contribution < 1.29 is 13.9 Å². The van der Waals surface area contributed by atoms with Gasteiger partial charge >= 0.3 is 0 Å². The number of aromatic nitrogens is 2. The summed E-state index contributed by atoms with van der Waals surface area (Å²) in [6.07, 6.45) is 3.88. The van der Waals surface area contributed by atoms with Gasteiger partial charge in [0, 0.05) is 6.54 Å². The number of benzene rings is 1. The Balaban J connectivity index is 1.58. The van der Waals surface area contributed by atoms with Gasteiger partial charge in [0.25, 0.3) is 0 Å². The van der Waals surface area contributed by atoms with E-state index < -0.39 is 0 Å². The Morgan fingerprint density at radius 3 is 2.52 bits per heavy atom. The minimum atomic E-state index is 0.469. The summed E-state index contributed by atoms with van der Waals surface area (Å²) in [6, 6.07) is 9.57. The molecule has 0 atom stereocenters. The van der Waals surface area contributed by atoms with Crippen molar-refractivity contribution in [2.45, 2.75) is 13.0 Å². The summed E-state index contributed by atoms with van der Waals surface area (Å²) in [4.78, 5) is 8.41. The Kier molecular flexibility index (Phi) is 5.98. The van der Waals surface area contributed by atoms with Crippen LogP contribution in [-0.2, 0) is 13.0 Å². The average Bonchev–Trinajstić information content (AvgIpc) is 3.22. The summed E-state index contributed by atoms with van der Waals surface area (Å²) >= 11 is 0. The van der Waals surface area contributed by atoms with Gasteiger partial charge in [0.05, 0.1) is 27.0 Å². The smallest absolute Gasteiger partial charge is 0.160 e. The molecule has 4 N–H and O–H groups in total. The number of anilines is 3. The zero-order valence-electron chi connectivity index (χ0n) is 15.4. The van der Waals surface area contributed by atoms with Crippen molar-refractivity contribution in [2.24, 2.45) is 0 Å². The Morgan fingerprint density at radius 1 is 1.04 bits per heavy atom. The van der Waals surface area contributed by atoms with Gasteiger partial charge in [-0.05, 0) is 36.2 Å². The Morgan fingerprint density at radius 2 is 1.81 bits per heavy atom. The van der Waals surface area contributed by atoms with Crippen LogP contribution in [0.5, 0.6) is 11.5 Å². The monoisotopic (exact) mass is 369 g/mol. The molecule has 0 radical (unpaired) electrons. The second kappa shape index (κ2) is 8.79. The first-order chi connectivity index (χ1) is 13.2. The maximum atomic E-state index is 6.17. The number of hydrogen-bond donors (Lipinski definition) is 3. The second-order valence-electron chi connectivity index (χ2n) is 5.78. The van der Waals surface area contributed by atoms with Gasteiger partial charge in [-0.25, -0.2) is 9.97 Å². The van der Waals surface area contributed by atoms with Crippen LogP contribution in [0.15, 0.2) is 47.3 Å². The van der Waals surface area contributed by atoms with E-state index in [1.165, 1.54) is 6.33 Å². The van der Waals surface area contributed by atoms with E-state index in [-0.39, 0.29) is 0 Å². The van der Waals surface area contributed by atoms with Crippen LogP contribution in [-0.4, -0.2) is 30.7 Å². The van der Waals surface area contributed by atoms with Crippen LogP contribution >= 0.6 is 0 Å². The molecule has 0 bridgehead atoms. The number of hydrogen-bond acceptors (Lipinski definition) is 8. The molecule has 27 heavy (non-hydrogen) atoms. The molecule has 0 aliphatic heterocycles. The first-order valence-corrected chi connectivity index (χ1v) is 8.52. The first kappa shape index (κ1) is 18.4. The summed E-state index contributed by atoms with van der Waals surface area (Å²) in [5.41, 5.74) is 7.75. The highest BCUT2D eigenvalue weighted by Crippen LogP contribution is 2.28. The molecule has 0 aliphatic rings. The molecule has 2 heterocycles. The lowest BCUT2D eigenvalue weighted by atomic mass is 10.1. The van der Waals surface area contributed by atoms with E-state index >= 15 is 0 Å². The Labute approximate surface area is 157 Å². The van der Waals surface area contributed by atoms with Crippen LogP contribution < -0.4 is 25.8 Å². The molecule has 0 saturated carbocycles. The van der Waals surface area contributed by atoms with Gasteiger partial charge in [0.1, 0.15) is 17.8 Å². The number of nitrogen functional groups attached to an aromatic ring is 1. The fraction of sp³-hybridized carbons (Fsp3) is 0.263. The maximum absolute atomic E-state index is 6.17. The highest BCUT2D eigenvalue weighted by molar-refractivity contribution is 5.73. The maximum Gasteiger partial charge on any atom is 0.160 e. The highest BCUT2D eigenvalue weighted by Gasteiger charge is 2.09. The first-order valence-electron chi connectivity index (χ1n) is 8.52. The summed E-state index contributed by atoms with van der Waals surface area (Å²) in [7, 11) is 3.24. The molecule has 3 rings (SSSR count). The third-order valence-corrected chi connectivity index (χ3v) is 4.05. The van der Waals surface area contributed by atoms with E-state index in [9.17, 15) is 0 Å². The van der Waals surface area contributed by atoms with Crippen molar-refractivity contribution in [1.29, 1.82) is 0 Å². The van der Waals surface area contributed by atoms with Crippen molar-refractivity contribution >= 4 is 17.3 Å². The third kappa shape index (κ3) is 4.60. The summed E-state index contributed by atoms with van der Waals surface area (Å²) in [5.74, 6) is 3.38. The summed E-state index contributed by atoms with van der Waals surface area (Å²) in [5, 5.41) is 6.40. The van der Waals surface area contributed by atoms with Crippen molar-refractivity contribution in [2.75, 3.05) is 37.1 Å². The van der Waals surface area contributed by atoms with Crippen molar-refractivity contribution in [3.8, 4) is 11.5 Å². The molecule has 0 saturated heterocycles. The lowest BCUT2D eigenvalue weighted by Crippen LogP contribution is -2.11. The lowest BCUT2D eigenvalue weighted by molar-refractivity contribution is 0.354. The standard InChI is InChI=1S/C19H23N5O3/c1-25-15-6-5-13(10-16(15)26-2)7-8-21-18-17(20)19(24-12-23-18)22-11-14-4-3-9-27-14/h3-6,9-10,12H,7-8,11,20H2,1-2H3,(H2,21,22,23,24). The summed E-state index contributed by atoms with van der Waals surface area (Å²) < 4.78 is 15.9. The number of methoxy groups -OCH3 is 2. The van der Waals surface area contributed by atoms with Crippen LogP contribution in [0.25, 0.3) is 0 Å². The number of furan rings is 1. The molecule has 0 spiro atoms. The molecule has 3 aromatic rings. The molecule has 8 heteroatoms. The van der Waals surface area contributed by atoms with Gasteiger partial charge in [0.2, 0.25) is 0 Å². The van der Waals surface area contributed by atoms with Crippen molar-refractivity contribution in [1.82, 2.24) is 9.97 Å². The largest absolute Gasteiger partial charge is 0.493 e. The number of nitrogens with zero attached hydrogens (tertiary/aromatic N) is 2. The Hall–Kier alpha value is -3.42.